The van der Waals surface area contributed by atoms with E-state index in [1.54, 1.807) is 0 Å². The highest BCUT2D eigenvalue weighted by molar-refractivity contribution is 5.03. The Morgan fingerprint density at radius 3 is 1.80 bits per heavy atom. The van der Waals surface area contributed by atoms with Crippen molar-refractivity contribution in [1.29, 1.82) is 0 Å². The van der Waals surface area contributed by atoms with Crippen molar-refractivity contribution >= 4 is 0 Å². The lowest BCUT2D eigenvalue weighted by Crippen LogP contribution is -2.54. The maximum Gasteiger partial charge on any atom is -0.0295 e. The van der Waals surface area contributed by atoms with Gasteiger partial charge in [0.05, 0.1) is 0 Å². The van der Waals surface area contributed by atoms with Crippen LogP contribution in [0.5, 0.6) is 0 Å². The molecular weight excluding hydrogens is 180 g/mol. The summed E-state index contributed by atoms with van der Waals surface area (Å²) in [6.45, 7) is 14.1. The van der Waals surface area contributed by atoms with Gasteiger partial charge in [-0.05, 0) is 41.9 Å². The molecule has 0 nitrogen and oxygen atoms in total. The van der Waals surface area contributed by atoms with E-state index in [0.717, 1.165) is 23.7 Å². The minimum atomic E-state index is 0. The number of hydrogen-bond acceptors (Lipinski definition) is 0. The second kappa shape index (κ2) is 5.37. The molecule has 3 aliphatic rings. The van der Waals surface area contributed by atoms with Crippen molar-refractivity contribution in [3.63, 3.8) is 0 Å². The predicted octanol–water partition coefficient (Wildman–Crippen LogP) is 5.38. The van der Waals surface area contributed by atoms with Gasteiger partial charge in [-0.25, -0.2) is 0 Å². The van der Waals surface area contributed by atoms with Crippen molar-refractivity contribution in [2.24, 2.45) is 29.1 Å². The van der Waals surface area contributed by atoms with E-state index < -0.39 is 0 Å². The summed E-state index contributed by atoms with van der Waals surface area (Å²) in [6.07, 6.45) is 4.27. The lowest BCUT2D eigenvalue weighted by atomic mass is 9.44. The van der Waals surface area contributed by atoms with Crippen LogP contribution in [-0.2, 0) is 0 Å². The Labute approximate surface area is 97.8 Å². The molecule has 0 amide bonds. The monoisotopic (exact) mass is 212 g/mol. The summed E-state index contributed by atoms with van der Waals surface area (Å²) in [5.74, 6) is 4.07. The van der Waals surface area contributed by atoms with Crippen molar-refractivity contribution in [3.05, 3.63) is 0 Å². The number of hydrogen-bond donors (Lipinski definition) is 0. The first-order chi connectivity index (χ1) is 6.45. The summed E-state index contributed by atoms with van der Waals surface area (Å²) in [5.41, 5.74) is 0.686. The Hall–Kier alpha value is 0. The SMILES string of the molecule is C.CCC.C[C@@H]1[C@@H](C)C[C@H]2C[C@@H]1C2(C)C. The maximum atomic E-state index is 2.47. The fourth-order valence-corrected chi connectivity index (χ4v) is 3.41. The number of fused-ring (bicyclic) bond motifs is 2. The molecule has 0 heteroatoms. The van der Waals surface area contributed by atoms with Crippen molar-refractivity contribution in [3.8, 4) is 0 Å². The molecule has 3 rings (SSSR count). The van der Waals surface area contributed by atoms with E-state index in [0.29, 0.717) is 5.41 Å². The van der Waals surface area contributed by atoms with Gasteiger partial charge >= 0.3 is 0 Å². The molecule has 3 fully saturated rings. The molecule has 0 spiro atoms. The van der Waals surface area contributed by atoms with Crippen LogP contribution in [0.3, 0.4) is 0 Å². The molecule has 0 aromatic carbocycles. The van der Waals surface area contributed by atoms with Crippen molar-refractivity contribution < 1.29 is 0 Å². The average Bonchev–Trinajstić information content (AvgIpc) is 2.10. The zero-order valence-corrected chi connectivity index (χ0v) is 10.9. The molecule has 0 heterocycles. The van der Waals surface area contributed by atoms with E-state index in [9.17, 15) is 0 Å². The van der Waals surface area contributed by atoms with Crippen LogP contribution in [-0.4, -0.2) is 0 Å². The van der Waals surface area contributed by atoms with Gasteiger partial charge in [0.2, 0.25) is 0 Å². The van der Waals surface area contributed by atoms with Crippen LogP contribution < -0.4 is 0 Å². The Balaban J connectivity index is 0.000000443. The normalized spacial score (nSPS) is 40.4. The third-order valence-corrected chi connectivity index (χ3v) is 4.73. The van der Waals surface area contributed by atoms with Crippen LogP contribution in [0.1, 0.15) is 68.2 Å². The topological polar surface area (TPSA) is 0 Å². The van der Waals surface area contributed by atoms with Crippen molar-refractivity contribution in [2.75, 3.05) is 0 Å². The quantitative estimate of drug-likeness (QED) is 0.506. The van der Waals surface area contributed by atoms with Crippen LogP contribution >= 0.6 is 0 Å². The van der Waals surface area contributed by atoms with Gasteiger partial charge in [-0.2, -0.15) is 0 Å². The molecule has 0 radical (unpaired) electrons. The van der Waals surface area contributed by atoms with Gasteiger partial charge in [-0.1, -0.05) is 55.4 Å². The standard InChI is InChI=1S/C11H20.C3H8.CH4/c1-7-5-9-6-10(8(7)2)11(9,3)4;1-3-2;/h7-10H,5-6H2,1-4H3;3H2,1-2H3;1H4/t7-,8+,9-,10-;;/m0../s1. The largest absolute Gasteiger partial charge is 0.0776 e. The van der Waals surface area contributed by atoms with Gasteiger partial charge in [-0.15, -0.1) is 0 Å². The minimum absolute atomic E-state index is 0. The summed E-state index contributed by atoms with van der Waals surface area (Å²) in [6, 6.07) is 0. The van der Waals surface area contributed by atoms with E-state index >= 15 is 0 Å². The molecule has 3 aliphatic carbocycles. The molecule has 0 aromatic heterocycles. The van der Waals surface area contributed by atoms with Gasteiger partial charge in [0.1, 0.15) is 0 Å². The second-order valence-electron chi connectivity index (χ2n) is 6.14. The molecule has 3 saturated carbocycles. The Morgan fingerprint density at radius 2 is 1.53 bits per heavy atom. The molecule has 15 heavy (non-hydrogen) atoms. The van der Waals surface area contributed by atoms with E-state index in [-0.39, 0.29) is 7.43 Å². The molecule has 92 valence electrons. The van der Waals surface area contributed by atoms with Crippen molar-refractivity contribution in [2.45, 2.75) is 68.2 Å². The number of rotatable bonds is 0. The third kappa shape index (κ3) is 2.57. The minimum Gasteiger partial charge on any atom is -0.0776 e. The lowest BCUT2D eigenvalue weighted by Gasteiger charge is -2.61. The van der Waals surface area contributed by atoms with Gasteiger partial charge in [-0.3, -0.25) is 0 Å². The van der Waals surface area contributed by atoms with Gasteiger partial charge < -0.3 is 0 Å². The van der Waals surface area contributed by atoms with Crippen LogP contribution in [0.4, 0.5) is 0 Å². The molecule has 0 saturated heterocycles. The second-order valence-corrected chi connectivity index (χ2v) is 6.14. The maximum absolute atomic E-state index is 2.47. The molecular formula is C15H32. The molecule has 2 bridgehead atoms. The molecule has 0 unspecified atom stereocenters. The molecule has 0 N–H and O–H groups in total. The van der Waals surface area contributed by atoms with Crippen molar-refractivity contribution in [1.82, 2.24) is 0 Å². The van der Waals surface area contributed by atoms with Gasteiger partial charge in [0, 0.05) is 0 Å². The summed E-state index contributed by atoms with van der Waals surface area (Å²) in [7, 11) is 0. The van der Waals surface area contributed by atoms with Gasteiger partial charge in [0.15, 0.2) is 0 Å². The first-order valence-electron chi connectivity index (χ1n) is 6.45. The zero-order chi connectivity index (χ0) is 10.9. The summed E-state index contributed by atoms with van der Waals surface area (Å²) in [5, 5.41) is 0. The summed E-state index contributed by atoms with van der Waals surface area (Å²) in [4.78, 5) is 0. The highest BCUT2D eigenvalue weighted by Gasteiger charge is 2.54. The van der Waals surface area contributed by atoms with Crippen LogP contribution in [0, 0.1) is 29.1 Å². The Morgan fingerprint density at radius 1 is 1.07 bits per heavy atom. The van der Waals surface area contributed by atoms with Crippen LogP contribution in [0.25, 0.3) is 0 Å². The Bertz CT molecular complexity index is 180. The van der Waals surface area contributed by atoms with Crippen LogP contribution in [0.15, 0.2) is 0 Å². The average molecular weight is 212 g/mol. The smallest absolute Gasteiger partial charge is 0.0295 e. The summed E-state index contributed by atoms with van der Waals surface area (Å²) < 4.78 is 0. The highest BCUT2D eigenvalue weighted by Crippen LogP contribution is 2.62. The molecule has 0 aromatic rings. The van der Waals surface area contributed by atoms with E-state index in [1.165, 1.54) is 19.3 Å². The first-order valence-corrected chi connectivity index (χ1v) is 6.45. The predicted molar refractivity (Wildman–Crippen MR) is 71.0 cm³/mol. The van der Waals surface area contributed by atoms with E-state index in [2.05, 4.69) is 41.5 Å². The lowest BCUT2D eigenvalue weighted by molar-refractivity contribution is -0.124. The summed E-state index contributed by atoms with van der Waals surface area (Å²) >= 11 is 0. The Kier molecular flexibility index (Phi) is 5.37. The van der Waals surface area contributed by atoms with E-state index in [4.69, 9.17) is 0 Å². The molecule has 4 atom stereocenters. The third-order valence-electron chi connectivity index (χ3n) is 4.73. The fraction of sp³-hybridized carbons (Fsp3) is 1.00. The van der Waals surface area contributed by atoms with Gasteiger partial charge in [0.25, 0.3) is 0 Å². The highest BCUT2D eigenvalue weighted by atomic mass is 14.6. The first kappa shape index (κ1) is 15.0. The fourth-order valence-electron chi connectivity index (χ4n) is 3.41. The molecule has 0 aliphatic heterocycles. The van der Waals surface area contributed by atoms with Crippen LogP contribution in [0.2, 0.25) is 0 Å². The zero-order valence-electron chi connectivity index (χ0n) is 10.9. The van der Waals surface area contributed by atoms with E-state index in [1.807, 2.05) is 0 Å².